The Kier molecular flexibility index (Phi) is 8.11. The number of esters is 1. The first-order valence-corrected chi connectivity index (χ1v) is 13.8. The Morgan fingerprint density at radius 2 is 1.67 bits per heavy atom. The molecule has 0 radical (unpaired) electrons. The summed E-state index contributed by atoms with van der Waals surface area (Å²) in [5.41, 5.74) is 0.923. The molecular formula is C26H36Br2N4O4. The fourth-order valence-corrected chi connectivity index (χ4v) is 5.68. The van der Waals surface area contributed by atoms with Crippen LogP contribution in [0.25, 0.3) is 11.4 Å². The fourth-order valence-electron chi connectivity index (χ4n) is 5.14. The molecule has 0 aliphatic heterocycles. The number of ether oxygens (including phenoxy) is 1. The van der Waals surface area contributed by atoms with Gasteiger partial charge >= 0.3 is 5.97 Å². The van der Waals surface area contributed by atoms with Crippen molar-refractivity contribution in [3.8, 4) is 11.4 Å². The Balaban J connectivity index is 1.91. The van der Waals surface area contributed by atoms with Gasteiger partial charge in [0.25, 0.3) is 5.69 Å². The normalized spacial score (nSPS) is 23.4. The molecule has 2 unspecified atom stereocenters. The molecule has 36 heavy (non-hydrogen) atoms. The molecule has 0 spiro atoms. The van der Waals surface area contributed by atoms with E-state index in [1.807, 2.05) is 0 Å². The van der Waals surface area contributed by atoms with Crippen molar-refractivity contribution >= 4 is 43.5 Å². The number of halogens is 2. The van der Waals surface area contributed by atoms with Gasteiger partial charge in [-0.25, -0.2) is 9.78 Å². The van der Waals surface area contributed by atoms with Gasteiger partial charge in [0.1, 0.15) is 6.10 Å². The van der Waals surface area contributed by atoms with Crippen molar-refractivity contribution in [2.24, 2.45) is 28.6 Å². The molecule has 8 nitrogen and oxygen atoms in total. The van der Waals surface area contributed by atoms with E-state index in [0.717, 1.165) is 12.8 Å². The van der Waals surface area contributed by atoms with Crippen LogP contribution in [-0.2, 0) is 12.8 Å². The number of nitro benzene ring substituents is 1. The molecule has 0 amide bonds. The van der Waals surface area contributed by atoms with Gasteiger partial charge in [-0.05, 0) is 36.5 Å². The van der Waals surface area contributed by atoms with Crippen molar-refractivity contribution in [1.82, 2.24) is 15.2 Å². The minimum atomic E-state index is -1.45. The number of aryl methyl sites for hydroxylation is 1. The van der Waals surface area contributed by atoms with E-state index >= 15 is 0 Å². The van der Waals surface area contributed by atoms with Gasteiger partial charge < -0.3 is 4.74 Å². The van der Waals surface area contributed by atoms with Crippen molar-refractivity contribution in [1.29, 1.82) is 0 Å². The number of hydrogen-bond donors (Lipinski definition) is 1. The highest BCUT2D eigenvalue weighted by Gasteiger charge is 2.50. The number of carbonyl (C=O) groups excluding carboxylic acids is 1. The van der Waals surface area contributed by atoms with Crippen LogP contribution in [0.15, 0.2) is 18.2 Å². The molecular weight excluding hydrogens is 592 g/mol. The van der Waals surface area contributed by atoms with Crippen LogP contribution in [0.4, 0.5) is 5.69 Å². The van der Waals surface area contributed by atoms with E-state index < -0.39 is 14.1 Å². The van der Waals surface area contributed by atoms with E-state index in [4.69, 9.17) is 4.74 Å². The van der Waals surface area contributed by atoms with Gasteiger partial charge in [-0.1, -0.05) is 92.5 Å². The van der Waals surface area contributed by atoms with E-state index in [1.165, 1.54) is 6.07 Å². The topological polar surface area (TPSA) is 111 Å². The SMILES string of the molecule is Cc1ccc(-c2n[nH]c(C(Br)(Br)C(=O)OC3C(C(C)(C)C)CC(C)CC3C(C)(C)C)n2)cc1[N+](=O)[O-]. The quantitative estimate of drug-likeness (QED) is 0.161. The smallest absolute Gasteiger partial charge is 0.342 e. The third-order valence-electron chi connectivity index (χ3n) is 7.28. The summed E-state index contributed by atoms with van der Waals surface area (Å²) in [7, 11) is 0. The van der Waals surface area contributed by atoms with Gasteiger partial charge in [0.05, 0.1) is 4.92 Å². The summed E-state index contributed by atoms with van der Waals surface area (Å²) in [5.74, 6) is 0.877. The number of benzene rings is 1. The third kappa shape index (κ3) is 6.01. The number of alkyl halides is 2. The second-order valence-corrected chi connectivity index (χ2v) is 15.7. The zero-order chi connectivity index (χ0) is 27.2. The predicted octanol–water partition coefficient (Wildman–Crippen LogP) is 7.30. The second kappa shape index (κ2) is 10.2. The molecule has 1 fully saturated rings. The molecule has 1 N–H and O–H groups in total. The van der Waals surface area contributed by atoms with Crippen LogP contribution < -0.4 is 0 Å². The average molecular weight is 628 g/mol. The first-order chi connectivity index (χ1) is 16.4. The molecule has 1 aliphatic rings. The first-order valence-electron chi connectivity index (χ1n) is 12.2. The Bertz CT molecular complexity index is 1110. The van der Waals surface area contributed by atoms with Crippen molar-refractivity contribution in [3.05, 3.63) is 39.7 Å². The maximum atomic E-state index is 13.6. The number of aromatic nitrogens is 3. The lowest BCUT2D eigenvalue weighted by atomic mass is 9.59. The minimum absolute atomic E-state index is 0.0184. The van der Waals surface area contributed by atoms with Gasteiger partial charge in [0, 0.05) is 29.0 Å². The summed E-state index contributed by atoms with van der Waals surface area (Å²) < 4.78 is 4.86. The number of nitrogens with zero attached hydrogens (tertiary/aromatic N) is 3. The van der Waals surface area contributed by atoms with Crippen molar-refractivity contribution < 1.29 is 14.5 Å². The van der Waals surface area contributed by atoms with Crippen molar-refractivity contribution in [2.45, 2.75) is 77.6 Å². The van der Waals surface area contributed by atoms with Crippen LogP contribution in [0.3, 0.4) is 0 Å². The maximum Gasteiger partial charge on any atom is 0.342 e. The lowest BCUT2D eigenvalue weighted by Gasteiger charge is -2.50. The summed E-state index contributed by atoms with van der Waals surface area (Å²) in [6.45, 7) is 17.2. The number of rotatable bonds is 5. The lowest BCUT2D eigenvalue weighted by Crippen LogP contribution is -2.50. The second-order valence-electron chi connectivity index (χ2n) is 12.2. The maximum absolute atomic E-state index is 13.6. The Morgan fingerprint density at radius 1 is 1.11 bits per heavy atom. The molecule has 1 aromatic carbocycles. The lowest BCUT2D eigenvalue weighted by molar-refractivity contribution is -0.385. The van der Waals surface area contributed by atoms with Gasteiger partial charge in [-0.3, -0.25) is 15.2 Å². The molecule has 2 aromatic rings. The third-order valence-corrected chi connectivity index (χ3v) is 8.68. The number of aromatic amines is 1. The highest BCUT2D eigenvalue weighted by Crippen LogP contribution is 2.51. The predicted molar refractivity (Wildman–Crippen MR) is 147 cm³/mol. The summed E-state index contributed by atoms with van der Waals surface area (Å²) >= 11 is 6.94. The molecule has 1 aliphatic carbocycles. The van der Waals surface area contributed by atoms with Gasteiger partial charge in [0.2, 0.25) is 3.23 Å². The number of H-pyrrole nitrogens is 1. The highest BCUT2D eigenvalue weighted by atomic mass is 79.9. The molecule has 10 heteroatoms. The summed E-state index contributed by atoms with van der Waals surface area (Å²) in [6, 6.07) is 4.79. The van der Waals surface area contributed by atoms with Crippen LogP contribution in [-0.4, -0.2) is 32.2 Å². The van der Waals surface area contributed by atoms with Gasteiger partial charge in [-0.15, -0.1) is 0 Å². The highest BCUT2D eigenvalue weighted by molar-refractivity contribution is 9.25. The van der Waals surface area contributed by atoms with Crippen LogP contribution in [0, 0.1) is 45.6 Å². The Hall–Kier alpha value is -1.81. The van der Waals surface area contributed by atoms with Crippen LogP contribution >= 0.6 is 31.9 Å². The summed E-state index contributed by atoms with van der Waals surface area (Å²) in [4.78, 5) is 29.0. The van der Waals surface area contributed by atoms with E-state index in [2.05, 4.69) is 95.5 Å². The van der Waals surface area contributed by atoms with Gasteiger partial charge in [0.15, 0.2) is 11.6 Å². The molecule has 1 saturated carbocycles. The number of carbonyl (C=O) groups is 1. The number of nitrogens with one attached hydrogen (secondary N) is 1. The molecule has 198 valence electrons. The summed E-state index contributed by atoms with van der Waals surface area (Å²) in [5, 5.41) is 18.3. The number of hydrogen-bond acceptors (Lipinski definition) is 6. The Labute approximate surface area is 229 Å². The van der Waals surface area contributed by atoms with E-state index in [1.54, 1.807) is 19.1 Å². The molecule has 3 rings (SSSR count). The van der Waals surface area contributed by atoms with E-state index in [9.17, 15) is 14.9 Å². The van der Waals surface area contributed by atoms with E-state index in [-0.39, 0.29) is 46.1 Å². The molecule has 0 saturated heterocycles. The van der Waals surface area contributed by atoms with Crippen molar-refractivity contribution in [2.75, 3.05) is 0 Å². The number of nitro groups is 1. The molecule has 2 atom stereocenters. The van der Waals surface area contributed by atoms with Gasteiger partial charge in [-0.2, -0.15) is 5.10 Å². The van der Waals surface area contributed by atoms with Crippen LogP contribution in [0.2, 0.25) is 0 Å². The minimum Gasteiger partial charge on any atom is -0.460 e. The molecule has 1 heterocycles. The zero-order valence-electron chi connectivity index (χ0n) is 22.2. The van der Waals surface area contributed by atoms with Crippen molar-refractivity contribution in [3.63, 3.8) is 0 Å². The zero-order valence-corrected chi connectivity index (χ0v) is 25.4. The fraction of sp³-hybridized carbons (Fsp3) is 0.654. The standard InChI is InChI=1S/C26H36Br2N4O4/c1-14-11-17(24(3,4)5)20(18(12-14)25(6,7)8)36-23(33)26(27,28)22-29-21(30-31-22)16-10-9-15(2)19(13-16)32(34)35/h9-10,13-14,17-18,20H,11-12H2,1-8H3,(H,29,30,31). The van der Waals surface area contributed by atoms with Crippen LogP contribution in [0.5, 0.6) is 0 Å². The Morgan fingerprint density at radius 3 is 2.17 bits per heavy atom. The molecule has 1 aromatic heterocycles. The largest absolute Gasteiger partial charge is 0.460 e. The van der Waals surface area contributed by atoms with E-state index in [0.29, 0.717) is 17.0 Å². The molecule has 0 bridgehead atoms. The average Bonchev–Trinajstić information content (AvgIpc) is 3.24. The first kappa shape index (κ1) is 28.8. The monoisotopic (exact) mass is 626 g/mol. The summed E-state index contributed by atoms with van der Waals surface area (Å²) in [6.07, 6.45) is 1.72. The van der Waals surface area contributed by atoms with Crippen LogP contribution in [0.1, 0.15) is 72.7 Å².